The van der Waals surface area contributed by atoms with Gasteiger partial charge < -0.3 is 8.92 Å². The molecule has 0 saturated carbocycles. The van der Waals surface area contributed by atoms with E-state index in [1.807, 2.05) is 0 Å². The summed E-state index contributed by atoms with van der Waals surface area (Å²) in [4.78, 5) is 25.4. The standard InChI is InChI=1S/C15H22F3NO6S/c1-13(2,3)10-7-9(25-26(22,23)15(16,17)18)8-11(20)19(10)12(21)24-14(4,5)6/h8,10H,7H2,1-6H3/t10-/m1/s1. The monoisotopic (exact) mass is 401 g/mol. The molecule has 0 radical (unpaired) electrons. The molecule has 2 amide bonds. The third kappa shape index (κ3) is 5.36. The molecular formula is C15H22F3NO6S. The Balaban J connectivity index is 3.24. The van der Waals surface area contributed by atoms with Crippen molar-refractivity contribution in [1.29, 1.82) is 0 Å². The van der Waals surface area contributed by atoms with Crippen LogP contribution in [0.25, 0.3) is 0 Å². The van der Waals surface area contributed by atoms with Gasteiger partial charge in [0, 0.05) is 12.5 Å². The zero-order valence-electron chi connectivity index (χ0n) is 15.3. The zero-order chi connectivity index (χ0) is 20.7. The average molecular weight is 401 g/mol. The number of ether oxygens (including phenoxy) is 1. The van der Waals surface area contributed by atoms with Gasteiger partial charge in [-0.05, 0) is 26.2 Å². The predicted molar refractivity (Wildman–Crippen MR) is 85.1 cm³/mol. The lowest BCUT2D eigenvalue weighted by molar-refractivity contribution is -0.131. The van der Waals surface area contributed by atoms with Gasteiger partial charge in [-0.25, -0.2) is 9.69 Å². The van der Waals surface area contributed by atoms with Crippen molar-refractivity contribution in [1.82, 2.24) is 4.90 Å². The summed E-state index contributed by atoms with van der Waals surface area (Å²) in [5.41, 5.74) is -7.31. The molecule has 7 nitrogen and oxygen atoms in total. The van der Waals surface area contributed by atoms with Gasteiger partial charge in [-0.2, -0.15) is 21.6 Å². The molecule has 0 unspecified atom stereocenters. The van der Waals surface area contributed by atoms with Gasteiger partial charge in [0.05, 0.1) is 6.04 Å². The Kier molecular flexibility index (Phi) is 5.78. The van der Waals surface area contributed by atoms with Crippen molar-refractivity contribution >= 4 is 22.1 Å². The Morgan fingerprint density at radius 2 is 1.65 bits per heavy atom. The second-order valence-electron chi connectivity index (χ2n) is 7.87. The number of imide groups is 1. The highest BCUT2D eigenvalue weighted by Crippen LogP contribution is 2.36. The van der Waals surface area contributed by atoms with E-state index < -0.39 is 56.9 Å². The molecule has 0 fully saturated rings. The average Bonchev–Trinajstić information content (AvgIpc) is 2.32. The van der Waals surface area contributed by atoms with Crippen LogP contribution in [0.1, 0.15) is 48.0 Å². The van der Waals surface area contributed by atoms with Crippen molar-refractivity contribution in [2.75, 3.05) is 0 Å². The van der Waals surface area contributed by atoms with E-state index in [1.54, 1.807) is 41.5 Å². The van der Waals surface area contributed by atoms with Crippen LogP contribution >= 0.6 is 0 Å². The summed E-state index contributed by atoms with van der Waals surface area (Å²) < 4.78 is 69.1. The Morgan fingerprint density at radius 3 is 2.04 bits per heavy atom. The van der Waals surface area contributed by atoms with Gasteiger partial charge >= 0.3 is 21.7 Å². The molecule has 0 aromatic carbocycles. The van der Waals surface area contributed by atoms with Gasteiger partial charge in [0.15, 0.2) is 0 Å². The van der Waals surface area contributed by atoms with E-state index in [2.05, 4.69) is 4.18 Å². The Labute approximate surface area is 150 Å². The number of nitrogens with zero attached hydrogens (tertiary/aromatic N) is 1. The molecule has 0 bridgehead atoms. The normalized spacial score (nSPS) is 19.9. The lowest BCUT2D eigenvalue weighted by atomic mass is 9.82. The van der Waals surface area contributed by atoms with Gasteiger partial charge in [-0.1, -0.05) is 20.8 Å². The molecule has 1 rings (SSSR count). The molecule has 1 atom stereocenters. The molecule has 0 aromatic heterocycles. The minimum Gasteiger partial charge on any atom is -0.443 e. The van der Waals surface area contributed by atoms with E-state index in [1.165, 1.54) is 0 Å². The summed E-state index contributed by atoms with van der Waals surface area (Å²) in [5.74, 6) is -1.70. The first kappa shape index (κ1) is 22.3. The van der Waals surface area contributed by atoms with E-state index in [4.69, 9.17) is 4.74 Å². The second kappa shape index (κ2) is 6.75. The van der Waals surface area contributed by atoms with Crippen molar-refractivity contribution in [3.05, 3.63) is 11.8 Å². The van der Waals surface area contributed by atoms with Gasteiger partial charge in [-0.15, -0.1) is 0 Å². The van der Waals surface area contributed by atoms with Gasteiger partial charge in [0.25, 0.3) is 5.91 Å². The van der Waals surface area contributed by atoms with Gasteiger partial charge in [-0.3, -0.25) is 4.79 Å². The molecule has 0 aliphatic carbocycles. The van der Waals surface area contributed by atoms with E-state index in [9.17, 15) is 31.2 Å². The molecule has 0 N–H and O–H groups in total. The lowest BCUT2D eigenvalue weighted by Gasteiger charge is -2.41. The molecule has 1 heterocycles. The number of amides is 2. The third-order valence-corrected chi connectivity index (χ3v) is 4.32. The summed E-state index contributed by atoms with van der Waals surface area (Å²) in [7, 11) is -5.91. The maximum absolute atomic E-state index is 12.5. The first-order chi connectivity index (χ1) is 11.3. The van der Waals surface area contributed by atoms with Crippen LogP contribution in [0.5, 0.6) is 0 Å². The van der Waals surface area contributed by atoms with Crippen molar-refractivity contribution in [2.24, 2.45) is 5.41 Å². The van der Waals surface area contributed by atoms with Gasteiger partial charge in [0.1, 0.15) is 11.4 Å². The summed E-state index contributed by atoms with van der Waals surface area (Å²) in [5, 5.41) is 0. The fourth-order valence-corrected chi connectivity index (χ4v) is 2.66. The first-order valence-electron chi connectivity index (χ1n) is 7.62. The van der Waals surface area contributed by atoms with Crippen LogP contribution in [0, 0.1) is 5.41 Å². The molecule has 11 heteroatoms. The number of halogens is 3. The number of carbonyl (C=O) groups is 2. The highest BCUT2D eigenvalue weighted by molar-refractivity contribution is 7.87. The van der Waals surface area contributed by atoms with Crippen LogP contribution in [-0.4, -0.2) is 42.5 Å². The fraction of sp³-hybridized carbons (Fsp3) is 0.733. The number of hydrogen-bond donors (Lipinski definition) is 0. The summed E-state index contributed by atoms with van der Waals surface area (Å²) in [6, 6.07) is -0.965. The predicted octanol–water partition coefficient (Wildman–Crippen LogP) is 3.32. The SMILES string of the molecule is CC(C)(C)OC(=O)N1C(=O)C=C(OS(=O)(=O)C(F)(F)F)C[C@@H]1C(C)(C)C. The van der Waals surface area contributed by atoms with Gasteiger partial charge in [0.2, 0.25) is 0 Å². The minimum absolute atomic E-state index is 0.399. The third-order valence-electron chi connectivity index (χ3n) is 3.32. The quantitative estimate of drug-likeness (QED) is 0.521. The maximum atomic E-state index is 12.5. The highest BCUT2D eigenvalue weighted by atomic mass is 32.2. The van der Waals surface area contributed by atoms with Crippen molar-refractivity contribution in [2.45, 2.75) is 65.1 Å². The molecule has 150 valence electrons. The minimum atomic E-state index is -5.91. The zero-order valence-corrected chi connectivity index (χ0v) is 16.1. The molecule has 0 saturated heterocycles. The fourth-order valence-electron chi connectivity index (χ4n) is 2.17. The Hall–Kier alpha value is -1.78. The van der Waals surface area contributed by atoms with Crippen LogP contribution in [0.3, 0.4) is 0 Å². The van der Waals surface area contributed by atoms with Crippen molar-refractivity contribution in [3.8, 4) is 0 Å². The Morgan fingerprint density at radius 1 is 1.15 bits per heavy atom. The number of rotatable bonds is 2. The largest absolute Gasteiger partial charge is 0.534 e. The summed E-state index contributed by atoms with van der Waals surface area (Å²) >= 11 is 0. The summed E-state index contributed by atoms with van der Waals surface area (Å²) in [6.07, 6.45) is -0.824. The number of carbonyl (C=O) groups excluding carboxylic acids is 2. The van der Waals surface area contributed by atoms with E-state index in [-0.39, 0.29) is 0 Å². The summed E-state index contributed by atoms with van der Waals surface area (Å²) in [6.45, 7) is 9.69. The van der Waals surface area contributed by atoms with Crippen molar-refractivity contribution in [3.63, 3.8) is 0 Å². The molecule has 0 aromatic rings. The highest BCUT2D eigenvalue weighted by Gasteiger charge is 2.50. The second-order valence-corrected chi connectivity index (χ2v) is 9.41. The molecule has 0 spiro atoms. The molecule has 1 aliphatic rings. The van der Waals surface area contributed by atoms with E-state index in [0.29, 0.717) is 6.08 Å². The maximum Gasteiger partial charge on any atom is 0.534 e. The van der Waals surface area contributed by atoms with E-state index >= 15 is 0 Å². The van der Waals surface area contributed by atoms with Crippen LogP contribution in [0.15, 0.2) is 11.8 Å². The molecular weight excluding hydrogens is 379 g/mol. The van der Waals surface area contributed by atoms with Crippen LogP contribution in [0.2, 0.25) is 0 Å². The molecule has 26 heavy (non-hydrogen) atoms. The first-order valence-corrected chi connectivity index (χ1v) is 9.03. The van der Waals surface area contributed by atoms with Crippen LogP contribution in [0.4, 0.5) is 18.0 Å². The van der Waals surface area contributed by atoms with Crippen LogP contribution in [-0.2, 0) is 23.8 Å². The smallest absolute Gasteiger partial charge is 0.443 e. The topological polar surface area (TPSA) is 90.0 Å². The molecule has 1 aliphatic heterocycles. The lowest BCUT2D eigenvalue weighted by Crippen LogP contribution is -2.53. The number of alkyl halides is 3. The Bertz CT molecular complexity index is 713. The number of hydrogen-bond acceptors (Lipinski definition) is 6. The van der Waals surface area contributed by atoms with Crippen molar-refractivity contribution < 1.29 is 40.1 Å². The van der Waals surface area contributed by atoms with Crippen LogP contribution < -0.4 is 0 Å². The van der Waals surface area contributed by atoms with E-state index in [0.717, 1.165) is 4.90 Å².